The Kier molecular flexibility index (Phi) is 4.57. The van der Waals surface area contributed by atoms with E-state index in [2.05, 4.69) is 42.8 Å². The van der Waals surface area contributed by atoms with Crippen molar-refractivity contribution in [1.29, 1.82) is 5.26 Å². The summed E-state index contributed by atoms with van der Waals surface area (Å²) in [5.41, 5.74) is 6.67. The van der Waals surface area contributed by atoms with Crippen molar-refractivity contribution >= 4 is 5.57 Å². The summed E-state index contributed by atoms with van der Waals surface area (Å²) in [7, 11) is 0. The lowest BCUT2D eigenvalue weighted by molar-refractivity contribution is 0.726. The van der Waals surface area contributed by atoms with Gasteiger partial charge in [0.2, 0.25) is 0 Å². The molecule has 0 bridgehead atoms. The van der Waals surface area contributed by atoms with E-state index in [-0.39, 0.29) is 0 Å². The van der Waals surface area contributed by atoms with Crippen LogP contribution >= 0.6 is 0 Å². The maximum Gasteiger partial charge on any atom is 0.0744 e. The number of allylic oxidation sites excluding steroid dienone is 1. The smallest absolute Gasteiger partial charge is 0.0744 e. The third-order valence-corrected chi connectivity index (χ3v) is 4.52. The Morgan fingerprint density at radius 3 is 2.83 bits per heavy atom. The quantitative estimate of drug-likeness (QED) is 0.736. The summed E-state index contributed by atoms with van der Waals surface area (Å²) in [6.45, 7) is 6.21. The Balaban J connectivity index is 1.95. The first-order chi connectivity index (χ1) is 11.2. The molecule has 1 aliphatic rings. The number of aromatic nitrogens is 1. The number of pyridine rings is 1. The number of aryl methyl sites for hydroxylation is 1. The molecular weight excluding hydrogens is 280 g/mol. The lowest BCUT2D eigenvalue weighted by atomic mass is 9.93. The fourth-order valence-electron chi connectivity index (χ4n) is 3.03. The van der Waals surface area contributed by atoms with Crippen molar-refractivity contribution in [2.45, 2.75) is 39.0 Å². The van der Waals surface area contributed by atoms with Crippen LogP contribution in [-0.2, 0) is 12.8 Å². The maximum atomic E-state index is 9.01. The number of rotatable bonds is 6. The molecule has 116 valence electrons. The van der Waals surface area contributed by atoms with Gasteiger partial charge in [-0.1, -0.05) is 43.2 Å². The Labute approximate surface area is 138 Å². The van der Waals surface area contributed by atoms with E-state index in [1.54, 1.807) is 6.20 Å². The predicted molar refractivity (Wildman–Crippen MR) is 94.7 cm³/mol. The van der Waals surface area contributed by atoms with Crippen molar-refractivity contribution in [1.82, 2.24) is 4.98 Å². The fourth-order valence-corrected chi connectivity index (χ4v) is 3.03. The van der Waals surface area contributed by atoms with Crippen LogP contribution in [0.5, 0.6) is 0 Å². The van der Waals surface area contributed by atoms with Crippen molar-refractivity contribution in [3.8, 4) is 17.3 Å². The number of nitriles is 1. The molecule has 1 saturated carbocycles. The number of nitrogens with zero attached hydrogens (tertiary/aromatic N) is 2. The van der Waals surface area contributed by atoms with Crippen LogP contribution in [0.1, 0.15) is 42.9 Å². The van der Waals surface area contributed by atoms with Crippen molar-refractivity contribution in [3.63, 3.8) is 0 Å². The van der Waals surface area contributed by atoms with Gasteiger partial charge in [0, 0.05) is 11.8 Å². The molecule has 0 N–H and O–H groups in total. The molecule has 1 fully saturated rings. The molecule has 23 heavy (non-hydrogen) atoms. The molecule has 1 aromatic carbocycles. The van der Waals surface area contributed by atoms with Gasteiger partial charge in [0.05, 0.1) is 18.2 Å². The van der Waals surface area contributed by atoms with Crippen LogP contribution in [-0.4, -0.2) is 4.98 Å². The average Bonchev–Trinajstić information content (AvgIpc) is 3.38. The van der Waals surface area contributed by atoms with Crippen molar-refractivity contribution in [3.05, 3.63) is 59.8 Å². The highest BCUT2D eigenvalue weighted by Crippen LogP contribution is 2.35. The predicted octanol–water partition coefficient (Wildman–Crippen LogP) is 5.19. The van der Waals surface area contributed by atoms with Gasteiger partial charge in [-0.15, -0.1) is 0 Å². The molecule has 1 heterocycles. The van der Waals surface area contributed by atoms with Gasteiger partial charge < -0.3 is 0 Å². The average molecular weight is 302 g/mol. The Hall–Kier alpha value is -2.40. The summed E-state index contributed by atoms with van der Waals surface area (Å²) in [6.07, 6.45) is 7.37. The summed E-state index contributed by atoms with van der Waals surface area (Å²) >= 11 is 0. The third-order valence-electron chi connectivity index (χ3n) is 4.52. The normalized spacial score (nSPS) is 13.6. The lowest BCUT2D eigenvalue weighted by Crippen LogP contribution is -1.97. The van der Waals surface area contributed by atoms with Crippen molar-refractivity contribution < 1.29 is 0 Å². The first kappa shape index (κ1) is 15.5. The largest absolute Gasteiger partial charge is 0.256 e. The van der Waals surface area contributed by atoms with E-state index in [0.29, 0.717) is 6.42 Å². The summed E-state index contributed by atoms with van der Waals surface area (Å²) in [4.78, 5) is 4.50. The zero-order valence-corrected chi connectivity index (χ0v) is 13.7. The fraction of sp³-hybridized carbons (Fsp3) is 0.333. The molecule has 0 unspecified atom stereocenters. The van der Waals surface area contributed by atoms with Gasteiger partial charge in [-0.2, -0.15) is 5.26 Å². The standard InChI is InChI=1S/C21H22N2/c1-15(2)20-14-19(10-9-17(20)8-7-16-5-6-16)21-18(11-12-22)4-3-13-23-21/h3-4,9-10,13-14,16H,1,5-8,11H2,2H3. The van der Waals surface area contributed by atoms with Gasteiger partial charge in [0.15, 0.2) is 0 Å². The van der Waals surface area contributed by atoms with E-state index in [0.717, 1.165) is 34.7 Å². The molecule has 2 heteroatoms. The molecule has 1 aromatic heterocycles. The monoisotopic (exact) mass is 302 g/mol. The van der Waals surface area contributed by atoms with Crippen LogP contribution in [0.2, 0.25) is 0 Å². The molecule has 0 amide bonds. The second-order valence-electron chi connectivity index (χ2n) is 6.48. The molecule has 0 aliphatic heterocycles. The van der Waals surface area contributed by atoms with Crippen molar-refractivity contribution in [2.75, 3.05) is 0 Å². The first-order valence-electron chi connectivity index (χ1n) is 8.29. The Bertz CT molecular complexity index is 764. The third kappa shape index (κ3) is 3.68. The van der Waals surface area contributed by atoms with Gasteiger partial charge in [-0.3, -0.25) is 4.98 Å². The van der Waals surface area contributed by atoms with Gasteiger partial charge in [0.1, 0.15) is 0 Å². The van der Waals surface area contributed by atoms with Crippen LogP contribution in [0, 0.1) is 17.2 Å². The van der Waals surface area contributed by atoms with Crippen LogP contribution in [0.25, 0.3) is 16.8 Å². The SMILES string of the molecule is C=C(C)c1cc(-c2ncccc2CC#N)ccc1CCC1CC1. The number of hydrogen-bond acceptors (Lipinski definition) is 2. The summed E-state index contributed by atoms with van der Waals surface area (Å²) < 4.78 is 0. The van der Waals surface area contributed by atoms with Crippen LogP contribution in [0.4, 0.5) is 0 Å². The van der Waals surface area contributed by atoms with Crippen LogP contribution in [0.3, 0.4) is 0 Å². The Morgan fingerprint density at radius 2 is 2.13 bits per heavy atom. The van der Waals surface area contributed by atoms with Crippen LogP contribution < -0.4 is 0 Å². The number of benzene rings is 1. The second-order valence-corrected chi connectivity index (χ2v) is 6.48. The molecule has 2 nitrogen and oxygen atoms in total. The molecule has 1 aliphatic carbocycles. The van der Waals surface area contributed by atoms with Crippen molar-refractivity contribution in [2.24, 2.45) is 5.92 Å². The van der Waals surface area contributed by atoms with E-state index in [1.165, 1.54) is 30.4 Å². The molecule has 0 atom stereocenters. The topological polar surface area (TPSA) is 36.7 Å². The summed E-state index contributed by atoms with van der Waals surface area (Å²) in [5.74, 6) is 0.936. The first-order valence-corrected chi connectivity index (χ1v) is 8.29. The minimum absolute atomic E-state index is 0.384. The zero-order chi connectivity index (χ0) is 16.2. The molecule has 2 aromatic rings. The van der Waals surface area contributed by atoms with E-state index in [4.69, 9.17) is 5.26 Å². The van der Waals surface area contributed by atoms with E-state index in [1.807, 2.05) is 12.1 Å². The summed E-state index contributed by atoms with van der Waals surface area (Å²) in [5, 5.41) is 9.01. The number of hydrogen-bond donors (Lipinski definition) is 0. The molecule has 0 saturated heterocycles. The minimum atomic E-state index is 0.384. The van der Waals surface area contributed by atoms with Gasteiger partial charge in [0.25, 0.3) is 0 Å². The van der Waals surface area contributed by atoms with Crippen LogP contribution in [0.15, 0.2) is 43.1 Å². The van der Waals surface area contributed by atoms with E-state index < -0.39 is 0 Å². The molecule has 0 radical (unpaired) electrons. The molecule has 3 rings (SSSR count). The highest BCUT2D eigenvalue weighted by atomic mass is 14.7. The zero-order valence-electron chi connectivity index (χ0n) is 13.7. The van der Waals surface area contributed by atoms with Gasteiger partial charge in [-0.25, -0.2) is 0 Å². The lowest BCUT2D eigenvalue weighted by Gasteiger charge is -2.13. The Morgan fingerprint density at radius 1 is 1.30 bits per heavy atom. The molecule has 0 spiro atoms. The maximum absolute atomic E-state index is 9.01. The highest BCUT2D eigenvalue weighted by molar-refractivity contribution is 5.73. The second kappa shape index (κ2) is 6.79. The molecular formula is C21H22N2. The van der Waals surface area contributed by atoms with Gasteiger partial charge >= 0.3 is 0 Å². The minimum Gasteiger partial charge on any atom is -0.256 e. The van der Waals surface area contributed by atoms with E-state index in [9.17, 15) is 0 Å². The van der Waals surface area contributed by atoms with Gasteiger partial charge in [-0.05, 0) is 54.5 Å². The summed E-state index contributed by atoms with van der Waals surface area (Å²) in [6, 6.07) is 12.6. The van der Waals surface area contributed by atoms with E-state index >= 15 is 0 Å². The highest BCUT2D eigenvalue weighted by Gasteiger charge is 2.21.